The summed E-state index contributed by atoms with van der Waals surface area (Å²) in [7, 11) is 0. The second kappa shape index (κ2) is 7.51. The molecule has 0 spiro atoms. The number of alkyl halides is 3. The summed E-state index contributed by atoms with van der Waals surface area (Å²) in [6.07, 6.45) is -4.37. The molecular formula is C14H7Cl2F3N2O3S. The van der Waals surface area contributed by atoms with E-state index in [9.17, 15) is 28.1 Å². The Kier molecular flexibility index (Phi) is 5.81. The van der Waals surface area contributed by atoms with Gasteiger partial charge in [-0.05, 0) is 24.3 Å². The zero-order valence-corrected chi connectivity index (χ0v) is 14.3. The lowest BCUT2D eigenvalue weighted by Gasteiger charge is -2.12. The molecule has 0 saturated heterocycles. The van der Waals surface area contributed by atoms with E-state index >= 15 is 0 Å². The average molecular weight is 411 g/mol. The minimum atomic E-state index is -4.71. The van der Waals surface area contributed by atoms with Crippen LogP contribution in [0.2, 0.25) is 10.0 Å². The number of carbonyl (C=O) groups excluding carboxylic acids is 1. The minimum absolute atomic E-state index is 0.00771. The number of nitro benzene ring substituents is 1. The standard InChI is InChI=1S/C14H7Cl2F3N2O3S/c15-8-2-4-11(13(12(8)16)20-6-22)25-10-3-1-7(14(17,18)19)5-9(10)21(23)24/h1-6H,(H,20,22). The van der Waals surface area contributed by atoms with Crippen molar-refractivity contribution in [2.45, 2.75) is 16.0 Å². The molecule has 0 saturated carbocycles. The first-order chi connectivity index (χ1) is 11.6. The monoisotopic (exact) mass is 410 g/mol. The predicted octanol–water partition coefficient (Wildman–Crippen LogP) is 5.64. The number of benzene rings is 2. The Balaban J connectivity index is 2.52. The third kappa shape index (κ3) is 4.36. The van der Waals surface area contributed by atoms with Crippen LogP contribution >= 0.6 is 35.0 Å². The lowest BCUT2D eigenvalue weighted by atomic mass is 10.2. The maximum atomic E-state index is 12.7. The first kappa shape index (κ1) is 19.4. The molecule has 0 bridgehead atoms. The Hall–Kier alpha value is -1.97. The number of amides is 1. The number of anilines is 1. The highest BCUT2D eigenvalue weighted by molar-refractivity contribution is 7.99. The third-order valence-corrected chi connectivity index (χ3v) is 4.89. The topological polar surface area (TPSA) is 72.2 Å². The van der Waals surface area contributed by atoms with Crippen molar-refractivity contribution >= 4 is 52.7 Å². The molecule has 1 amide bonds. The number of halogens is 5. The lowest BCUT2D eigenvalue weighted by Crippen LogP contribution is -2.06. The lowest BCUT2D eigenvalue weighted by molar-refractivity contribution is -0.388. The third-order valence-electron chi connectivity index (χ3n) is 2.96. The van der Waals surface area contributed by atoms with Crippen LogP contribution in [0, 0.1) is 10.1 Å². The number of carbonyl (C=O) groups is 1. The van der Waals surface area contributed by atoms with Gasteiger partial charge in [0.15, 0.2) is 0 Å². The molecule has 25 heavy (non-hydrogen) atoms. The van der Waals surface area contributed by atoms with Gasteiger partial charge in [0.05, 0.1) is 31.1 Å². The SMILES string of the molecule is O=CNc1c(Sc2ccc(C(F)(F)F)cc2[N+](=O)[O-])ccc(Cl)c1Cl. The molecule has 0 aliphatic carbocycles. The van der Waals surface area contributed by atoms with Gasteiger partial charge in [-0.15, -0.1) is 0 Å². The van der Waals surface area contributed by atoms with Gasteiger partial charge < -0.3 is 5.32 Å². The van der Waals surface area contributed by atoms with Gasteiger partial charge in [0.1, 0.15) is 0 Å². The van der Waals surface area contributed by atoms with Gasteiger partial charge >= 0.3 is 6.18 Å². The van der Waals surface area contributed by atoms with Crippen LogP contribution < -0.4 is 5.32 Å². The molecule has 1 N–H and O–H groups in total. The van der Waals surface area contributed by atoms with Crippen LogP contribution in [0.1, 0.15) is 5.56 Å². The Bertz CT molecular complexity index is 847. The van der Waals surface area contributed by atoms with E-state index in [0.29, 0.717) is 12.5 Å². The largest absolute Gasteiger partial charge is 0.416 e. The van der Waals surface area contributed by atoms with E-state index in [2.05, 4.69) is 5.32 Å². The Morgan fingerprint density at radius 1 is 1.16 bits per heavy atom. The van der Waals surface area contributed by atoms with Crippen LogP contribution in [-0.2, 0) is 11.0 Å². The fraction of sp³-hybridized carbons (Fsp3) is 0.0714. The summed E-state index contributed by atoms with van der Waals surface area (Å²) in [5.74, 6) is 0. The fourth-order valence-corrected chi connectivity index (χ4v) is 3.30. The van der Waals surface area contributed by atoms with Gasteiger partial charge in [0.25, 0.3) is 5.69 Å². The summed E-state index contributed by atoms with van der Waals surface area (Å²) in [6, 6.07) is 5.01. The Morgan fingerprint density at radius 3 is 2.36 bits per heavy atom. The molecule has 0 aliphatic rings. The molecule has 0 fully saturated rings. The van der Waals surface area contributed by atoms with Gasteiger partial charge in [-0.1, -0.05) is 35.0 Å². The molecule has 5 nitrogen and oxygen atoms in total. The molecule has 0 unspecified atom stereocenters. The number of rotatable bonds is 5. The summed E-state index contributed by atoms with van der Waals surface area (Å²) in [5.41, 5.74) is -1.75. The highest BCUT2D eigenvalue weighted by Crippen LogP contribution is 2.44. The predicted molar refractivity (Wildman–Crippen MR) is 88.4 cm³/mol. The fourth-order valence-electron chi connectivity index (χ4n) is 1.85. The Labute approximate surface area is 153 Å². The van der Waals surface area contributed by atoms with Crippen molar-refractivity contribution in [1.29, 1.82) is 0 Å². The van der Waals surface area contributed by atoms with E-state index in [1.165, 1.54) is 12.1 Å². The van der Waals surface area contributed by atoms with Crippen LogP contribution in [0.3, 0.4) is 0 Å². The molecule has 2 aromatic rings. The minimum Gasteiger partial charge on any atom is -0.326 e. The second-order valence-corrected chi connectivity index (χ2v) is 6.41. The van der Waals surface area contributed by atoms with Crippen molar-refractivity contribution in [2.75, 3.05) is 5.32 Å². The van der Waals surface area contributed by atoms with Crippen LogP contribution in [-0.4, -0.2) is 11.3 Å². The second-order valence-electron chi connectivity index (χ2n) is 4.54. The number of hydrogen-bond acceptors (Lipinski definition) is 4. The smallest absolute Gasteiger partial charge is 0.326 e. The van der Waals surface area contributed by atoms with Crippen LogP contribution in [0.5, 0.6) is 0 Å². The number of hydrogen-bond donors (Lipinski definition) is 1. The van der Waals surface area contributed by atoms with Gasteiger partial charge in [-0.3, -0.25) is 14.9 Å². The van der Waals surface area contributed by atoms with Crippen molar-refractivity contribution in [3.8, 4) is 0 Å². The first-order valence-electron chi connectivity index (χ1n) is 6.37. The highest BCUT2D eigenvalue weighted by Gasteiger charge is 2.33. The van der Waals surface area contributed by atoms with E-state index in [0.717, 1.165) is 23.9 Å². The summed E-state index contributed by atoms with van der Waals surface area (Å²) < 4.78 is 38.2. The van der Waals surface area contributed by atoms with Crippen molar-refractivity contribution < 1.29 is 22.9 Å². The molecule has 0 atom stereocenters. The summed E-state index contributed by atoms with van der Waals surface area (Å²) in [5, 5.41) is 13.6. The van der Waals surface area contributed by atoms with Crippen molar-refractivity contribution in [2.24, 2.45) is 0 Å². The average Bonchev–Trinajstić information content (AvgIpc) is 2.53. The highest BCUT2D eigenvalue weighted by atomic mass is 35.5. The summed E-state index contributed by atoms with van der Waals surface area (Å²) >= 11 is 12.6. The van der Waals surface area contributed by atoms with E-state index in [4.69, 9.17) is 23.2 Å². The van der Waals surface area contributed by atoms with Gasteiger partial charge in [-0.2, -0.15) is 13.2 Å². The normalized spacial score (nSPS) is 11.2. The molecule has 0 heterocycles. The molecule has 132 valence electrons. The zero-order chi connectivity index (χ0) is 18.8. The molecular weight excluding hydrogens is 404 g/mol. The van der Waals surface area contributed by atoms with Crippen molar-refractivity contribution in [1.82, 2.24) is 0 Å². The quantitative estimate of drug-likeness (QED) is 0.393. The van der Waals surface area contributed by atoms with Crippen molar-refractivity contribution in [3.63, 3.8) is 0 Å². The molecule has 11 heteroatoms. The van der Waals surface area contributed by atoms with Crippen molar-refractivity contribution in [3.05, 3.63) is 56.1 Å². The molecule has 0 radical (unpaired) electrons. The van der Waals surface area contributed by atoms with Gasteiger partial charge in [0, 0.05) is 11.0 Å². The van der Waals surface area contributed by atoms with E-state index in [-0.39, 0.29) is 25.5 Å². The first-order valence-corrected chi connectivity index (χ1v) is 7.94. The maximum Gasteiger partial charge on any atom is 0.416 e. The molecule has 2 aromatic carbocycles. The number of nitrogens with one attached hydrogen (secondary N) is 1. The van der Waals surface area contributed by atoms with Crippen LogP contribution in [0.4, 0.5) is 24.5 Å². The van der Waals surface area contributed by atoms with E-state index in [1.807, 2.05) is 0 Å². The van der Waals surface area contributed by atoms with Gasteiger partial charge in [-0.25, -0.2) is 0 Å². The number of nitrogens with zero attached hydrogens (tertiary/aromatic N) is 1. The summed E-state index contributed by atoms with van der Waals surface area (Å²) in [6.45, 7) is 0. The molecule has 0 aromatic heterocycles. The van der Waals surface area contributed by atoms with Gasteiger partial charge in [0.2, 0.25) is 6.41 Å². The zero-order valence-electron chi connectivity index (χ0n) is 11.9. The molecule has 2 rings (SSSR count). The molecule has 0 aliphatic heterocycles. The van der Waals surface area contributed by atoms with E-state index < -0.39 is 22.4 Å². The van der Waals surface area contributed by atoms with Crippen LogP contribution in [0.15, 0.2) is 40.1 Å². The number of nitro groups is 1. The van der Waals surface area contributed by atoms with E-state index in [1.54, 1.807) is 0 Å². The van der Waals surface area contributed by atoms with Crippen LogP contribution in [0.25, 0.3) is 0 Å². The Morgan fingerprint density at radius 2 is 1.80 bits per heavy atom. The summed E-state index contributed by atoms with van der Waals surface area (Å²) in [4.78, 5) is 21.2. The maximum absolute atomic E-state index is 12.7.